The largest absolute Gasteiger partial charge is 0.354 e. The van der Waals surface area contributed by atoms with Gasteiger partial charge in [-0.25, -0.2) is 4.98 Å². The smallest absolute Gasteiger partial charge is 0.129 e. The Balaban J connectivity index is 2.22. The lowest BCUT2D eigenvalue weighted by molar-refractivity contribution is 0.587. The van der Waals surface area contributed by atoms with Crippen LogP contribution in [0.2, 0.25) is 0 Å². The van der Waals surface area contributed by atoms with Gasteiger partial charge in [0.2, 0.25) is 0 Å². The van der Waals surface area contributed by atoms with Crippen molar-refractivity contribution in [3.63, 3.8) is 0 Å². The van der Waals surface area contributed by atoms with Gasteiger partial charge < -0.3 is 10.2 Å². The molecule has 1 aromatic heterocycles. The second-order valence-corrected chi connectivity index (χ2v) is 6.95. The van der Waals surface area contributed by atoms with Gasteiger partial charge in [-0.3, -0.25) is 0 Å². The highest BCUT2D eigenvalue weighted by atomic mass is 15.2. The number of aromatic nitrogens is 1. The molecule has 0 radical (unpaired) electrons. The fourth-order valence-electron chi connectivity index (χ4n) is 3.21. The van der Waals surface area contributed by atoms with Crippen molar-refractivity contribution in [2.75, 3.05) is 11.4 Å². The highest BCUT2D eigenvalue weighted by Crippen LogP contribution is 2.28. The Morgan fingerprint density at radius 1 is 1.33 bits per heavy atom. The molecule has 1 aliphatic rings. The normalized spacial score (nSPS) is 22.3. The van der Waals surface area contributed by atoms with E-state index in [1.807, 2.05) is 0 Å². The zero-order valence-corrected chi connectivity index (χ0v) is 14.3. The van der Waals surface area contributed by atoms with Gasteiger partial charge in [-0.2, -0.15) is 0 Å². The molecule has 0 aliphatic carbocycles. The molecule has 0 amide bonds. The maximum atomic E-state index is 4.92. The summed E-state index contributed by atoms with van der Waals surface area (Å²) < 4.78 is 0. The minimum Gasteiger partial charge on any atom is -0.354 e. The van der Waals surface area contributed by atoms with Crippen molar-refractivity contribution in [1.82, 2.24) is 10.3 Å². The van der Waals surface area contributed by atoms with Crippen molar-refractivity contribution >= 4 is 5.82 Å². The number of hydrogen-bond acceptors (Lipinski definition) is 3. The molecular weight excluding hydrogens is 258 g/mol. The molecule has 2 heterocycles. The molecule has 2 atom stereocenters. The standard InChI is InChI=1S/C18H31N3/c1-6-7-17-9-16(11-19-13(2)3)10-18(20-17)21-12-14(4)8-15(21)5/h9-10,13-15,19H,6-8,11-12H2,1-5H3. The van der Waals surface area contributed by atoms with Gasteiger partial charge in [0.1, 0.15) is 5.82 Å². The molecule has 21 heavy (non-hydrogen) atoms. The lowest BCUT2D eigenvalue weighted by atomic mass is 10.1. The lowest BCUT2D eigenvalue weighted by Gasteiger charge is -2.24. The first-order chi connectivity index (χ1) is 9.99. The van der Waals surface area contributed by atoms with Crippen LogP contribution in [0, 0.1) is 5.92 Å². The van der Waals surface area contributed by atoms with Crippen LogP contribution in [0.3, 0.4) is 0 Å². The third-order valence-electron chi connectivity index (χ3n) is 4.22. The first-order valence-corrected chi connectivity index (χ1v) is 8.49. The monoisotopic (exact) mass is 289 g/mol. The summed E-state index contributed by atoms with van der Waals surface area (Å²) in [6.07, 6.45) is 3.50. The fraction of sp³-hybridized carbons (Fsp3) is 0.722. The first-order valence-electron chi connectivity index (χ1n) is 8.49. The van der Waals surface area contributed by atoms with Crippen molar-refractivity contribution in [2.45, 2.75) is 72.5 Å². The van der Waals surface area contributed by atoms with Gasteiger partial charge in [0, 0.05) is 30.9 Å². The Hall–Kier alpha value is -1.09. The van der Waals surface area contributed by atoms with Gasteiger partial charge in [-0.05, 0) is 43.4 Å². The number of nitrogens with zero attached hydrogens (tertiary/aromatic N) is 2. The second kappa shape index (κ2) is 7.26. The highest BCUT2D eigenvalue weighted by Gasteiger charge is 2.27. The van der Waals surface area contributed by atoms with E-state index < -0.39 is 0 Å². The number of pyridine rings is 1. The molecule has 1 fully saturated rings. The van der Waals surface area contributed by atoms with E-state index in [4.69, 9.17) is 4.98 Å². The van der Waals surface area contributed by atoms with E-state index in [1.54, 1.807) is 0 Å². The SMILES string of the molecule is CCCc1cc(CNC(C)C)cc(N2CC(C)CC2C)n1. The molecule has 1 N–H and O–H groups in total. The van der Waals surface area contributed by atoms with Crippen LogP contribution in [-0.2, 0) is 13.0 Å². The molecule has 1 saturated heterocycles. The van der Waals surface area contributed by atoms with Crippen LogP contribution in [0.15, 0.2) is 12.1 Å². The van der Waals surface area contributed by atoms with Crippen LogP contribution in [0.1, 0.15) is 58.7 Å². The van der Waals surface area contributed by atoms with Crippen molar-refractivity contribution < 1.29 is 0 Å². The summed E-state index contributed by atoms with van der Waals surface area (Å²) in [5, 5.41) is 3.52. The van der Waals surface area contributed by atoms with Crippen LogP contribution in [-0.4, -0.2) is 23.6 Å². The number of rotatable bonds is 6. The zero-order valence-electron chi connectivity index (χ0n) is 14.3. The molecule has 3 heteroatoms. The summed E-state index contributed by atoms with van der Waals surface area (Å²) in [6.45, 7) is 13.3. The molecule has 3 nitrogen and oxygen atoms in total. The van der Waals surface area contributed by atoms with Gasteiger partial charge in [0.25, 0.3) is 0 Å². The van der Waals surface area contributed by atoms with E-state index in [-0.39, 0.29) is 0 Å². The molecule has 0 spiro atoms. The summed E-state index contributed by atoms with van der Waals surface area (Å²) >= 11 is 0. The van der Waals surface area contributed by atoms with Gasteiger partial charge in [0.05, 0.1) is 0 Å². The van der Waals surface area contributed by atoms with Gasteiger partial charge in [-0.1, -0.05) is 34.1 Å². The molecule has 1 aliphatic heterocycles. The van der Waals surface area contributed by atoms with Crippen LogP contribution >= 0.6 is 0 Å². The number of aryl methyl sites for hydroxylation is 1. The minimum absolute atomic E-state index is 0.516. The summed E-state index contributed by atoms with van der Waals surface area (Å²) in [5.74, 6) is 1.95. The van der Waals surface area contributed by atoms with Crippen molar-refractivity contribution in [2.24, 2.45) is 5.92 Å². The van der Waals surface area contributed by atoms with E-state index in [0.29, 0.717) is 12.1 Å². The predicted molar refractivity (Wildman–Crippen MR) is 90.8 cm³/mol. The lowest BCUT2D eigenvalue weighted by Crippen LogP contribution is -2.28. The van der Waals surface area contributed by atoms with Crippen molar-refractivity contribution in [3.8, 4) is 0 Å². The summed E-state index contributed by atoms with van der Waals surface area (Å²) in [4.78, 5) is 7.40. The molecule has 2 rings (SSSR count). The fourth-order valence-corrected chi connectivity index (χ4v) is 3.21. The quantitative estimate of drug-likeness (QED) is 0.864. The Morgan fingerprint density at radius 3 is 2.67 bits per heavy atom. The third kappa shape index (κ3) is 4.44. The molecule has 1 aromatic rings. The Kier molecular flexibility index (Phi) is 5.63. The minimum atomic E-state index is 0.516. The molecular formula is C18H31N3. The Morgan fingerprint density at radius 2 is 2.10 bits per heavy atom. The average molecular weight is 289 g/mol. The van der Waals surface area contributed by atoms with E-state index in [9.17, 15) is 0 Å². The molecule has 0 aromatic carbocycles. The number of nitrogens with one attached hydrogen (secondary N) is 1. The molecule has 118 valence electrons. The van der Waals surface area contributed by atoms with E-state index >= 15 is 0 Å². The zero-order chi connectivity index (χ0) is 15.4. The third-order valence-corrected chi connectivity index (χ3v) is 4.22. The van der Waals surface area contributed by atoms with E-state index in [2.05, 4.69) is 57.0 Å². The van der Waals surface area contributed by atoms with Gasteiger partial charge in [-0.15, -0.1) is 0 Å². The topological polar surface area (TPSA) is 28.2 Å². The van der Waals surface area contributed by atoms with Gasteiger partial charge >= 0.3 is 0 Å². The maximum absolute atomic E-state index is 4.92. The van der Waals surface area contributed by atoms with Crippen LogP contribution in [0.25, 0.3) is 0 Å². The van der Waals surface area contributed by atoms with Crippen LogP contribution in [0.4, 0.5) is 5.82 Å². The summed E-state index contributed by atoms with van der Waals surface area (Å²) in [7, 11) is 0. The molecule has 0 bridgehead atoms. The average Bonchev–Trinajstić information content (AvgIpc) is 2.75. The summed E-state index contributed by atoms with van der Waals surface area (Å²) in [5.41, 5.74) is 2.60. The summed E-state index contributed by atoms with van der Waals surface area (Å²) in [6, 6.07) is 5.67. The van der Waals surface area contributed by atoms with Crippen molar-refractivity contribution in [1.29, 1.82) is 0 Å². The number of hydrogen-bond donors (Lipinski definition) is 1. The number of anilines is 1. The Labute approximate surface area is 130 Å². The van der Waals surface area contributed by atoms with Crippen molar-refractivity contribution in [3.05, 3.63) is 23.4 Å². The molecule has 2 unspecified atom stereocenters. The highest BCUT2D eigenvalue weighted by molar-refractivity contribution is 5.45. The van der Waals surface area contributed by atoms with Crippen LogP contribution in [0.5, 0.6) is 0 Å². The molecule has 0 saturated carbocycles. The van der Waals surface area contributed by atoms with Gasteiger partial charge in [0.15, 0.2) is 0 Å². The first kappa shape index (κ1) is 16.3. The van der Waals surface area contributed by atoms with E-state index in [1.165, 1.54) is 23.5 Å². The maximum Gasteiger partial charge on any atom is 0.129 e. The Bertz CT molecular complexity index is 456. The second-order valence-electron chi connectivity index (χ2n) is 6.95. The van der Waals surface area contributed by atoms with E-state index in [0.717, 1.165) is 31.8 Å². The predicted octanol–water partition coefficient (Wildman–Crippen LogP) is 3.77. The van der Waals surface area contributed by atoms with Crippen LogP contribution < -0.4 is 10.2 Å².